The van der Waals surface area contributed by atoms with Gasteiger partial charge in [-0.15, -0.1) is 0 Å². The predicted octanol–water partition coefficient (Wildman–Crippen LogP) is 4.38. The zero-order valence-corrected chi connectivity index (χ0v) is 18.6. The van der Waals surface area contributed by atoms with Crippen molar-refractivity contribution in [3.8, 4) is 17.0 Å². The lowest BCUT2D eigenvalue weighted by Crippen LogP contribution is -2.28. The lowest BCUT2D eigenvalue weighted by Gasteiger charge is -2.16. The van der Waals surface area contributed by atoms with Crippen LogP contribution in [0.1, 0.15) is 0 Å². The predicted molar refractivity (Wildman–Crippen MR) is 105 cm³/mol. The second-order valence-corrected chi connectivity index (χ2v) is 8.18. The Morgan fingerprint density at radius 3 is 2.09 bits per heavy atom. The molecule has 0 aliphatic carbocycles. The maximum absolute atomic E-state index is 14.3. The highest BCUT2D eigenvalue weighted by Crippen LogP contribution is 2.42. The highest BCUT2D eigenvalue weighted by molar-refractivity contribution is 7.88. The first-order valence-electron chi connectivity index (χ1n) is 8.31. The Hall–Kier alpha value is -3.41. The van der Waals surface area contributed by atoms with Gasteiger partial charge in [0.25, 0.3) is 0 Å². The molecule has 0 atom stereocenters. The van der Waals surface area contributed by atoms with Crippen LogP contribution in [0.4, 0.5) is 42.1 Å². The number of carbonyl (C=O) groups is 1. The smallest absolute Gasteiger partial charge is 0.475 e. The number of anilines is 1. The standard InChI is InChI=1S/C14H10ClF4N3O5S.C2HF3O2/c1-21(2)11-6-9(15)8(5-10(11)16)7-3-4-20-13(12(7)22(23)24)27-28(25,26)14(17,18)19;3-2(4,5)1(6)7/h3-6H,1-2H3;(H,6,7). The molecule has 1 N–H and O–H groups in total. The Balaban J connectivity index is 0.000000762. The maximum Gasteiger partial charge on any atom is 0.534 e. The molecule has 0 aliphatic rings. The molecule has 0 saturated carbocycles. The van der Waals surface area contributed by atoms with Crippen LogP contribution in [0.25, 0.3) is 11.1 Å². The topological polar surface area (TPSA) is 140 Å². The zero-order chi connectivity index (χ0) is 27.5. The van der Waals surface area contributed by atoms with Crippen molar-refractivity contribution in [1.29, 1.82) is 0 Å². The molecule has 194 valence electrons. The number of nitro groups is 1. The normalized spacial score (nSPS) is 11.8. The minimum absolute atomic E-state index is 0.0431. The van der Waals surface area contributed by atoms with Crippen molar-refractivity contribution in [3.63, 3.8) is 0 Å². The molecule has 19 heteroatoms. The van der Waals surface area contributed by atoms with Crippen LogP contribution in [0.2, 0.25) is 5.02 Å². The first-order valence-corrected chi connectivity index (χ1v) is 10.1. The van der Waals surface area contributed by atoms with Gasteiger partial charge < -0.3 is 14.2 Å². The maximum atomic E-state index is 14.3. The number of benzene rings is 1. The van der Waals surface area contributed by atoms with Crippen LogP contribution in [0.3, 0.4) is 0 Å². The molecule has 1 heterocycles. The summed E-state index contributed by atoms with van der Waals surface area (Å²) in [5.74, 6) is -5.03. The Bertz CT molecular complexity index is 1240. The fourth-order valence-corrected chi connectivity index (χ4v) is 2.81. The van der Waals surface area contributed by atoms with E-state index in [2.05, 4.69) is 9.17 Å². The van der Waals surface area contributed by atoms with E-state index in [1.165, 1.54) is 19.0 Å². The summed E-state index contributed by atoms with van der Waals surface area (Å²) in [6, 6.07) is 2.92. The van der Waals surface area contributed by atoms with Crippen molar-refractivity contribution < 1.29 is 58.2 Å². The average Bonchev–Trinajstić information content (AvgIpc) is 2.67. The molecule has 1 aromatic carbocycles. The summed E-state index contributed by atoms with van der Waals surface area (Å²) in [5, 5.41) is 18.3. The largest absolute Gasteiger partial charge is 0.534 e. The van der Waals surface area contributed by atoms with Gasteiger partial charge in [0, 0.05) is 25.9 Å². The Morgan fingerprint density at radius 1 is 1.17 bits per heavy atom. The van der Waals surface area contributed by atoms with E-state index in [1.807, 2.05) is 0 Å². The summed E-state index contributed by atoms with van der Waals surface area (Å²) in [6.45, 7) is 0. The highest BCUT2D eigenvalue weighted by Gasteiger charge is 2.50. The van der Waals surface area contributed by atoms with Gasteiger partial charge in [-0.25, -0.2) is 14.2 Å². The summed E-state index contributed by atoms with van der Waals surface area (Å²) in [7, 11) is -3.20. The molecule has 0 radical (unpaired) electrons. The number of aliphatic carboxylic acids is 1. The molecule has 1 aromatic heterocycles. The number of aromatic nitrogens is 1. The summed E-state index contributed by atoms with van der Waals surface area (Å²) >= 11 is 6.04. The molecule has 0 fully saturated rings. The zero-order valence-electron chi connectivity index (χ0n) is 17.0. The summed E-state index contributed by atoms with van der Waals surface area (Å²) in [4.78, 5) is 23.6. The Labute approximate surface area is 195 Å². The van der Waals surface area contributed by atoms with Crippen molar-refractivity contribution >= 4 is 39.1 Å². The van der Waals surface area contributed by atoms with E-state index in [0.717, 1.165) is 24.4 Å². The van der Waals surface area contributed by atoms with Gasteiger partial charge >= 0.3 is 39.3 Å². The van der Waals surface area contributed by atoms with Crippen molar-refractivity contribution in [2.24, 2.45) is 0 Å². The number of alkyl halides is 6. The summed E-state index contributed by atoms with van der Waals surface area (Å²) in [6.07, 6.45) is -4.32. The van der Waals surface area contributed by atoms with Crippen LogP contribution in [0.15, 0.2) is 24.4 Å². The molecule has 2 rings (SSSR count). The minimum Gasteiger partial charge on any atom is -0.475 e. The number of hydrogen-bond donors (Lipinski definition) is 1. The van der Waals surface area contributed by atoms with E-state index in [-0.39, 0.29) is 16.3 Å². The third kappa shape index (κ3) is 7.28. The van der Waals surface area contributed by atoms with Crippen LogP contribution < -0.4 is 9.08 Å². The first kappa shape index (κ1) is 29.6. The van der Waals surface area contributed by atoms with E-state index in [1.54, 1.807) is 0 Å². The second kappa shape index (κ2) is 10.5. The lowest BCUT2D eigenvalue weighted by atomic mass is 10.0. The van der Waals surface area contributed by atoms with Crippen LogP contribution >= 0.6 is 11.6 Å². The third-order valence-corrected chi connectivity index (χ3v) is 4.85. The highest BCUT2D eigenvalue weighted by atomic mass is 35.5. The van der Waals surface area contributed by atoms with E-state index < -0.39 is 55.6 Å². The number of hydrogen-bond acceptors (Lipinski definition) is 8. The van der Waals surface area contributed by atoms with Crippen LogP contribution in [0, 0.1) is 15.9 Å². The Morgan fingerprint density at radius 2 is 1.69 bits per heavy atom. The average molecular weight is 558 g/mol. The number of pyridine rings is 1. The quantitative estimate of drug-likeness (QED) is 0.186. The number of halogens is 8. The van der Waals surface area contributed by atoms with Crippen LogP contribution in [-0.2, 0) is 14.9 Å². The molecule has 0 saturated heterocycles. The molecule has 0 amide bonds. The molecule has 0 bridgehead atoms. The van der Waals surface area contributed by atoms with Crippen molar-refractivity contribution in [3.05, 3.63) is 45.4 Å². The molecular formula is C16H11ClF7N3O7S. The number of carboxylic acid groups (broad SMARTS) is 1. The first-order chi connectivity index (χ1) is 15.7. The number of nitrogens with zero attached hydrogens (tertiary/aromatic N) is 3. The number of carboxylic acids is 1. The number of rotatable bonds is 5. The van der Waals surface area contributed by atoms with Gasteiger partial charge in [0.15, 0.2) is 0 Å². The van der Waals surface area contributed by atoms with Crippen molar-refractivity contribution in [2.45, 2.75) is 11.7 Å². The van der Waals surface area contributed by atoms with Gasteiger partial charge in [0.05, 0.1) is 21.2 Å². The van der Waals surface area contributed by atoms with E-state index in [4.69, 9.17) is 21.5 Å². The molecule has 0 unspecified atom stereocenters. The molecular weight excluding hydrogens is 547 g/mol. The second-order valence-electron chi connectivity index (χ2n) is 6.23. The lowest BCUT2D eigenvalue weighted by molar-refractivity contribution is -0.385. The summed E-state index contributed by atoms with van der Waals surface area (Å²) < 4.78 is 110. The molecule has 35 heavy (non-hydrogen) atoms. The van der Waals surface area contributed by atoms with Crippen molar-refractivity contribution in [1.82, 2.24) is 4.98 Å². The SMILES string of the molecule is CN(C)c1cc(Cl)c(-c2ccnc(OS(=O)(=O)C(F)(F)F)c2[N+](=O)[O-])cc1F.O=C(O)C(F)(F)F. The van der Waals surface area contributed by atoms with E-state index in [0.29, 0.717) is 0 Å². The van der Waals surface area contributed by atoms with Gasteiger partial charge in [-0.1, -0.05) is 11.6 Å². The van der Waals surface area contributed by atoms with Gasteiger partial charge in [-0.2, -0.15) is 34.8 Å². The van der Waals surface area contributed by atoms with Gasteiger partial charge in [-0.05, 0) is 18.2 Å². The molecule has 10 nitrogen and oxygen atoms in total. The Kier molecular flexibility index (Phi) is 8.86. The van der Waals surface area contributed by atoms with E-state index >= 15 is 0 Å². The van der Waals surface area contributed by atoms with Gasteiger partial charge in [0.2, 0.25) is 0 Å². The van der Waals surface area contributed by atoms with Crippen LogP contribution in [-0.4, -0.2) is 55.2 Å². The molecule has 2 aromatic rings. The summed E-state index contributed by atoms with van der Waals surface area (Å²) in [5.41, 5.74) is -7.78. The third-order valence-electron chi connectivity index (χ3n) is 3.60. The van der Waals surface area contributed by atoms with E-state index in [9.17, 15) is 49.3 Å². The van der Waals surface area contributed by atoms with Crippen molar-refractivity contribution in [2.75, 3.05) is 19.0 Å². The van der Waals surface area contributed by atoms with Gasteiger partial charge in [-0.3, -0.25) is 10.1 Å². The minimum atomic E-state index is -6.22. The monoisotopic (exact) mass is 557 g/mol. The molecule has 0 aliphatic heterocycles. The van der Waals surface area contributed by atoms with Gasteiger partial charge in [0.1, 0.15) is 5.82 Å². The fourth-order valence-electron chi connectivity index (χ4n) is 2.13. The molecule has 0 spiro atoms. The van der Waals surface area contributed by atoms with Crippen LogP contribution in [0.5, 0.6) is 5.88 Å². The fraction of sp³-hybridized carbons (Fsp3) is 0.250.